The molecule has 0 bridgehead atoms. The molecule has 2 rings (SSSR count). The second-order valence-electron chi connectivity index (χ2n) is 5.45. The van der Waals surface area contributed by atoms with E-state index in [0.717, 1.165) is 12.8 Å². The Bertz CT molecular complexity index is 419. The zero-order chi connectivity index (χ0) is 13.9. The van der Waals surface area contributed by atoms with Crippen LogP contribution in [-0.2, 0) is 14.6 Å². The Morgan fingerprint density at radius 1 is 1.32 bits per heavy atom. The van der Waals surface area contributed by atoms with Gasteiger partial charge in [-0.05, 0) is 19.3 Å². The highest BCUT2D eigenvalue weighted by atomic mass is 32.2. The predicted molar refractivity (Wildman–Crippen MR) is 71.5 cm³/mol. The Morgan fingerprint density at radius 3 is 2.53 bits per heavy atom. The molecule has 1 heterocycles. The molecule has 2 N–H and O–H groups in total. The molecule has 0 radical (unpaired) electrons. The van der Waals surface area contributed by atoms with E-state index < -0.39 is 9.84 Å². The molecule has 0 aromatic rings. The molecule has 0 aromatic heterocycles. The van der Waals surface area contributed by atoms with Crippen molar-refractivity contribution in [2.24, 2.45) is 0 Å². The fraction of sp³-hybridized carbons (Fsp3) is 0.917. The number of nitrogens with zero attached hydrogens (tertiary/aromatic N) is 1. The van der Waals surface area contributed by atoms with E-state index in [2.05, 4.69) is 5.32 Å². The number of hydrogen-bond donors (Lipinski definition) is 2. The second-order valence-corrected chi connectivity index (χ2v) is 7.68. The lowest BCUT2D eigenvalue weighted by Gasteiger charge is -2.36. The van der Waals surface area contributed by atoms with Crippen molar-refractivity contribution in [3.63, 3.8) is 0 Å². The summed E-state index contributed by atoms with van der Waals surface area (Å²) in [6.07, 6.45) is 3.84. The maximum atomic E-state index is 11.9. The van der Waals surface area contributed by atoms with Crippen molar-refractivity contribution in [3.05, 3.63) is 0 Å². The summed E-state index contributed by atoms with van der Waals surface area (Å²) in [7, 11) is -2.96. The molecule has 2 fully saturated rings. The number of carbonyl (C=O) groups excluding carboxylic acids is 1. The molecule has 7 heteroatoms. The molecular formula is C12H22N2O4S. The van der Waals surface area contributed by atoms with Gasteiger partial charge in [0.25, 0.3) is 0 Å². The Hall–Kier alpha value is -0.660. The Kier molecular flexibility index (Phi) is 4.81. The molecule has 1 saturated heterocycles. The first-order valence-corrected chi connectivity index (χ1v) is 8.67. The average Bonchev–Trinajstić information content (AvgIpc) is 2.55. The van der Waals surface area contributed by atoms with Crippen molar-refractivity contribution in [3.8, 4) is 0 Å². The standard InChI is InChI=1S/C12H22N2O4S/c15-6-5-14(11-2-1-3-11)8-12(16)13-10-4-7-19(17,18)9-10/h10-11,15H,1-9H2,(H,13,16). The predicted octanol–water partition coefficient (Wildman–Crippen LogP) is -0.863. The Morgan fingerprint density at radius 2 is 2.05 bits per heavy atom. The maximum absolute atomic E-state index is 11.9. The van der Waals surface area contributed by atoms with E-state index in [0.29, 0.717) is 19.0 Å². The molecule has 1 atom stereocenters. The van der Waals surface area contributed by atoms with Crippen molar-refractivity contribution in [1.29, 1.82) is 0 Å². The highest BCUT2D eigenvalue weighted by Crippen LogP contribution is 2.24. The van der Waals surface area contributed by atoms with Crippen LogP contribution in [0.1, 0.15) is 25.7 Å². The van der Waals surface area contributed by atoms with Crippen LogP contribution in [0.2, 0.25) is 0 Å². The van der Waals surface area contributed by atoms with Crippen molar-refractivity contribution in [2.45, 2.75) is 37.8 Å². The van der Waals surface area contributed by atoms with Gasteiger partial charge in [0, 0.05) is 18.6 Å². The van der Waals surface area contributed by atoms with Gasteiger partial charge in [-0.25, -0.2) is 8.42 Å². The normalized spacial score (nSPS) is 26.3. The first kappa shape index (κ1) is 14.7. The SMILES string of the molecule is O=C(CN(CCO)C1CCC1)NC1CCS(=O)(=O)C1. The van der Waals surface area contributed by atoms with Crippen molar-refractivity contribution in [2.75, 3.05) is 31.2 Å². The summed E-state index contributed by atoms with van der Waals surface area (Å²) in [6.45, 7) is 0.796. The van der Waals surface area contributed by atoms with Crippen LogP contribution in [0.3, 0.4) is 0 Å². The van der Waals surface area contributed by atoms with Gasteiger partial charge in [-0.1, -0.05) is 6.42 Å². The lowest BCUT2D eigenvalue weighted by atomic mass is 9.91. The van der Waals surface area contributed by atoms with Crippen molar-refractivity contribution in [1.82, 2.24) is 10.2 Å². The third kappa shape index (κ3) is 4.15. The van der Waals surface area contributed by atoms with E-state index in [1.165, 1.54) is 6.42 Å². The van der Waals surface area contributed by atoms with Gasteiger partial charge < -0.3 is 10.4 Å². The molecule has 1 aliphatic heterocycles. The number of nitrogens with one attached hydrogen (secondary N) is 1. The zero-order valence-corrected chi connectivity index (χ0v) is 11.9. The maximum Gasteiger partial charge on any atom is 0.234 e. The van der Waals surface area contributed by atoms with Crippen LogP contribution in [0.5, 0.6) is 0 Å². The number of carbonyl (C=O) groups is 1. The van der Waals surface area contributed by atoms with Crippen LogP contribution in [0.25, 0.3) is 0 Å². The zero-order valence-electron chi connectivity index (χ0n) is 11.0. The smallest absolute Gasteiger partial charge is 0.234 e. The van der Waals surface area contributed by atoms with Gasteiger partial charge in [-0.3, -0.25) is 9.69 Å². The van der Waals surface area contributed by atoms with Gasteiger partial charge in [0.15, 0.2) is 9.84 Å². The van der Waals surface area contributed by atoms with E-state index in [1.807, 2.05) is 4.90 Å². The van der Waals surface area contributed by atoms with Gasteiger partial charge in [0.2, 0.25) is 5.91 Å². The number of sulfone groups is 1. The van der Waals surface area contributed by atoms with Gasteiger partial charge in [0.05, 0.1) is 24.7 Å². The van der Waals surface area contributed by atoms with E-state index in [9.17, 15) is 13.2 Å². The minimum atomic E-state index is -2.96. The number of hydrogen-bond acceptors (Lipinski definition) is 5. The van der Waals surface area contributed by atoms with Crippen LogP contribution in [0.15, 0.2) is 0 Å². The minimum Gasteiger partial charge on any atom is -0.395 e. The molecule has 2 aliphatic rings. The first-order chi connectivity index (χ1) is 9.00. The Balaban J connectivity index is 1.79. The second kappa shape index (κ2) is 6.19. The van der Waals surface area contributed by atoms with Crippen LogP contribution >= 0.6 is 0 Å². The molecule has 6 nitrogen and oxygen atoms in total. The largest absolute Gasteiger partial charge is 0.395 e. The number of aliphatic hydroxyl groups excluding tert-OH is 1. The van der Waals surface area contributed by atoms with E-state index in [-0.39, 0.29) is 36.6 Å². The summed E-state index contributed by atoms with van der Waals surface area (Å²) < 4.78 is 22.6. The fourth-order valence-electron chi connectivity index (χ4n) is 2.64. The minimum absolute atomic E-state index is 0.0432. The molecule has 0 aromatic carbocycles. The van der Waals surface area contributed by atoms with Crippen LogP contribution in [0, 0.1) is 0 Å². The summed E-state index contributed by atoms with van der Waals surface area (Å²) in [4.78, 5) is 13.9. The summed E-state index contributed by atoms with van der Waals surface area (Å²) in [6, 6.07) is 0.153. The van der Waals surface area contributed by atoms with Crippen molar-refractivity contribution < 1.29 is 18.3 Å². The summed E-state index contributed by atoms with van der Waals surface area (Å²) in [5, 5.41) is 11.8. The number of amides is 1. The molecule has 0 spiro atoms. The monoisotopic (exact) mass is 290 g/mol. The molecule has 1 unspecified atom stereocenters. The Labute approximate surface area is 114 Å². The van der Waals surface area contributed by atoms with Crippen LogP contribution in [0.4, 0.5) is 0 Å². The van der Waals surface area contributed by atoms with Gasteiger partial charge in [-0.15, -0.1) is 0 Å². The average molecular weight is 290 g/mol. The third-order valence-corrected chi connectivity index (χ3v) is 5.69. The summed E-state index contributed by atoms with van der Waals surface area (Å²) in [5.41, 5.74) is 0. The van der Waals surface area contributed by atoms with Crippen LogP contribution in [-0.4, -0.2) is 67.6 Å². The third-order valence-electron chi connectivity index (χ3n) is 3.92. The van der Waals surface area contributed by atoms with E-state index >= 15 is 0 Å². The molecule has 1 saturated carbocycles. The lowest BCUT2D eigenvalue weighted by molar-refractivity contribution is -0.124. The van der Waals surface area contributed by atoms with Gasteiger partial charge in [0.1, 0.15) is 0 Å². The number of rotatable bonds is 6. The van der Waals surface area contributed by atoms with E-state index in [4.69, 9.17) is 5.11 Å². The highest BCUT2D eigenvalue weighted by Gasteiger charge is 2.30. The first-order valence-electron chi connectivity index (χ1n) is 6.85. The quantitative estimate of drug-likeness (QED) is 0.664. The van der Waals surface area contributed by atoms with Crippen molar-refractivity contribution >= 4 is 15.7 Å². The van der Waals surface area contributed by atoms with Crippen LogP contribution < -0.4 is 5.32 Å². The summed E-state index contributed by atoms with van der Waals surface area (Å²) >= 11 is 0. The topological polar surface area (TPSA) is 86.7 Å². The van der Waals surface area contributed by atoms with E-state index in [1.54, 1.807) is 0 Å². The number of aliphatic hydroxyl groups is 1. The summed E-state index contributed by atoms with van der Waals surface area (Å²) in [5.74, 6) is 0.0887. The molecule has 110 valence electrons. The van der Waals surface area contributed by atoms with Gasteiger partial charge >= 0.3 is 0 Å². The molecule has 19 heavy (non-hydrogen) atoms. The lowest BCUT2D eigenvalue weighted by Crippen LogP contribution is -2.49. The molecule has 1 aliphatic carbocycles. The molecular weight excluding hydrogens is 268 g/mol. The molecule has 1 amide bonds. The highest BCUT2D eigenvalue weighted by molar-refractivity contribution is 7.91. The fourth-order valence-corrected chi connectivity index (χ4v) is 4.31. The van der Waals surface area contributed by atoms with Gasteiger partial charge in [-0.2, -0.15) is 0 Å².